The molecule has 0 heterocycles. The lowest BCUT2D eigenvalue weighted by Gasteiger charge is -2.15. The molecule has 1 aromatic carbocycles. The van der Waals surface area contributed by atoms with Crippen LogP contribution in [-0.2, 0) is 0 Å². The predicted molar refractivity (Wildman–Crippen MR) is 68.3 cm³/mol. The molecule has 1 unspecified atom stereocenters. The number of carboxylic acid groups (broad SMARTS) is 1. The van der Waals surface area contributed by atoms with Crippen molar-refractivity contribution in [1.29, 1.82) is 0 Å². The number of rotatable bonds is 4. The van der Waals surface area contributed by atoms with Crippen LogP contribution in [-0.4, -0.2) is 16.3 Å². The van der Waals surface area contributed by atoms with Gasteiger partial charge in [-0.25, -0.2) is 4.79 Å². The number of carboxylic acids is 1. The van der Waals surface area contributed by atoms with Crippen LogP contribution in [0.1, 0.15) is 36.7 Å². The SMILES string of the molecule is Cc1cc(SC(C)C(C)C)ccc1C(=O)O. The van der Waals surface area contributed by atoms with E-state index in [2.05, 4.69) is 20.8 Å². The zero-order chi connectivity index (χ0) is 12.3. The van der Waals surface area contributed by atoms with E-state index >= 15 is 0 Å². The summed E-state index contributed by atoms with van der Waals surface area (Å²) in [5.41, 5.74) is 1.22. The van der Waals surface area contributed by atoms with Crippen molar-refractivity contribution < 1.29 is 9.90 Å². The minimum Gasteiger partial charge on any atom is -0.478 e. The smallest absolute Gasteiger partial charge is 0.335 e. The van der Waals surface area contributed by atoms with E-state index in [4.69, 9.17) is 5.11 Å². The number of hydrogen-bond donors (Lipinski definition) is 1. The Balaban J connectivity index is 2.85. The second kappa shape index (κ2) is 5.39. The van der Waals surface area contributed by atoms with Gasteiger partial charge in [-0.3, -0.25) is 0 Å². The van der Waals surface area contributed by atoms with Crippen LogP contribution in [0.15, 0.2) is 23.1 Å². The summed E-state index contributed by atoms with van der Waals surface area (Å²) in [5, 5.41) is 9.46. The van der Waals surface area contributed by atoms with E-state index < -0.39 is 5.97 Å². The molecule has 0 aliphatic rings. The van der Waals surface area contributed by atoms with Crippen molar-refractivity contribution in [2.45, 2.75) is 37.8 Å². The number of aromatic carboxylic acids is 1. The Morgan fingerprint density at radius 1 is 1.31 bits per heavy atom. The van der Waals surface area contributed by atoms with Crippen LogP contribution in [0, 0.1) is 12.8 Å². The van der Waals surface area contributed by atoms with E-state index in [1.807, 2.05) is 19.1 Å². The molecule has 0 spiro atoms. The second-order valence-corrected chi connectivity index (χ2v) is 5.80. The highest BCUT2D eigenvalue weighted by atomic mass is 32.2. The molecule has 0 aromatic heterocycles. The van der Waals surface area contributed by atoms with Gasteiger partial charge in [0.15, 0.2) is 0 Å². The van der Waals surface area contributed by atoms with E-state index in [1.165, 1.54) is 0 Å². The first-order valence-corrected chi connectivity index (χ1v) is 6.30. The topological polar surface area (TPSA) is 37.3 Å². The zero-order valence-electron chi connectivity index (χ0n) is 10.2. The van der Waals surface area contributed by atoms with Gasteiger partial charge in [0.2, 0.25) is 0 Å². The molecule has 88 valence electrons. The summed E-state index contributed by atoms with van der Waals surface area (Å²) < 4.78 is 0. The van der Waals surface area contributed by atoms with Crippen LogP contribution in [0.5, 0.6) is 0 Å². The molecular formula is C13H18O2S. The first-order chi connectivity index (χ1) is 7.41. The fraction of sp³-hybridized carbons (Fsp3) is 0.462. The third kappa shape index (κ3) is 3.27. The van der Waals surface area contributed by atoms with Crippen LogP contribution in [0.25, 0.3) is 0 Å². The van der Waals surface area contributed by atoms with Gasteiger partial charge >= 0.3 is 5.97 Å². The first kappa shape index (κ1) is 13.1. The summed E-state index contributed by atoms with van der Waals surface area (Å²) >= 11 is 1.79. The van der Waals surface area contributed by atoms with Gasteiger partial charge in [-0.1, -0.05) is 20.8 Å². The van der Waals surface area contributed by atoms with Crippen molar-refractivity contribution in [3.05, 3.63) is 29.3 Å². The molecule has 0 amide bonds. The number of carbonyl (C=O) groups is 1. The quantitative estimate of drug-likeness (QED) is 0.810. The molecular weight excluding hydrogens is 220 g/mol. The fourth-order valence-corrected chi connectivity index (χ4v) is 2.39. The summed E-state index contributed by atoms with van der Waals surface area (Å²) in [7, 11) is 0. The molecule has 0 bridgehead atoms. The van der Waals surface area contributed by atoms with Crippen LogP contribution in [0.4, 0.5) is 0 Å². The molecule has 0 saturated carbocycles. The molecule has 1 rings (SSSR count). The molecule has 1 atom stereocenters. The highest BCUT2D eigenvalue weighted by Gasteiger charge is 2.11. The van der Waals surface area contributed by atoms with Crippen molar-refractivity contribution in [3.63, 3.8) is 0 Å². The first-order valence-electron chi connectivity index (χ1n) is 5.42. The molecule has 1 aromatic rings. The highest BCUT2D eigenvalue weighted by molar-refractivity contribution is 8.00. The zero-order valence-corrected chi connectivity index (χ0v) is 11.0. The molecule has 0 aliphatic heterocycles. The Morgan fingerprint density at radius 3 is 2.38 bits per heavy atom. The minimum absolute atomic E-state index is 0.390. The van der Waals surface area contributed by atoms with E-state index in [0.717, 1.165) is 10.5 Å². The van der Waals surface area contributed by atoms with Gasteiger partial charge in [0, 0.05) is 10.1 Å². The van der Waals surface area contributed by atoms with Gasteiger partial charge in [0.25, 0.3) is 0 Å². The maximum Gasteiger partial charge on any atom is 0.335 e. The lowest BCUT2D eigenvalue weighted by atomic mass is 10.1. The largest absolute Gasteiger partial charge is 0.478 e. The summed E-state index contributed by atoms with van der Waals surface area (Å²) in [6.45, 7) is 8.41. The normalized spacial score (nSPS) is 12.8. The van der Waals surface area contributed by atoms with Crippen LogP contribution >= 0.6 is 11.8 Å². The molecule has 2 nitrogen and oxygen atoms in total. The Hall–Kier alpha value is -0.960. The summed E-state index contributed by atoms with van der Waals surface area (Å²) in [6.07, 6.45) is 0. The Kier molecular flexibility index (Phi) is 4.42. The maximum atomic E-state index is 10.9. The number of aryl methyl sites for hydroxylation is 1. The van der Waals surface area contributed by atoms with Crippen molar-refractivity contribution in [2.24, 2.45) is 5.92 Å². The number of hydrogen-bond acceptors (Lipinski definition) is 2. The van der Waals surface area contributed by atoms with E-state index in [-0.39, 0.29) is 0 Å². The summed E-state index contributed by atoms with van der Waals surface area (Å²) in [5.74, 6) is -0.240. The Bertz CT molecular complexity index is 386. The fourth-order valence-electron chi connectivity index (χ4n) is 1.30. The number of thioether (sulfide) groups is 1. The second-order valence-electron chi connectivity index (χ2n) is 4.35. The van der Waals surface area contributed by atoms with Crippen molar-refractivity contribution in [1.82, 2.24) is 0 Å². The van der Waals surface area contributed by atoms with Crippen LogP contribution in [0.3, 0.4) is 0 Å². The monoisotopic (exact) mass is 238 g/mol. The Morgan fingerprint density at radius 2 is 1.94 bits per heavy atom. The summed E-state index contributed by atoms with van der Waals surface area (Å²) in [4.78, 5) is 12.0. The molecule has 0 aliphatic carbocycles. The summed E-state index contributed by atoms with van der Waals surface area (Å²) in [6, 6.07) is 5.53. The molecule has 0 fully saturated rings. The lowest BCUT2D eigenvalue weighted by Crippen LogP contribution is -2.05. The lowest BCUT2D eigenvalue weighted by molar-refractivity contribution is 0.0696. The van der Waals surface area contributed by atoms with Crippen molar-refractivity contribution in [3.8, 4) is 0 Å². The van der Waals surface area contributed by atoms with E-state index in [0.29, 0.717) is 16.7 Å². The predicted octanol–water partition coefficient (Wildman–Crippen LogP) is 3.83. The van der Waals surface area contributed by atoms with Gasteiger partial charge in [-0.2, -0.15) is 0 Å². The van der Waals surface area contributed by atoms with Gasteiger partial charge in [0.05, 0.1) is 5.56 Å². The standard InChI is InChI=1S/C13H18O2S/c1-8(2)10(4)16-11-5-6-12(13(14)15)9(3)7-11/h5-8,10H,1-4H3,(H,14,15). The van der Waals surface area contributed by atoms with Crippen molar-refractivity contribution in [2.75, 3.05) is 0 Å². The average molecular weight is 238 g/mol. The minimum atomic E-state index is -0.856. The maximum absolute atomic E-state index is 10.9. The average Bonchev–Trinajstić information content (AvgIpc) is 2.16. The third-order valence-electron chi connectivity index (χ3n) is 2.69. The molecule has 3 heteroatoms. The van der Waals surface area contributed by atoms with Gasteiger partial charge in [0.1, 0.15) is 0 Å². The molecule has 16 heavy (non-hydrogen) atoms. The van der Waals surface area contributed by atoms with Crippen LogP contribution < -0.4 is 0 Å². The van der Waals surface area contributed by atoms with Crippen LogP contribution in [0.2, 0.25) is 0 Å². The molecule has 0 radical (unpaired) electrons. The number of benzene rings is 1. The van der Waals surface area contributed by atoms with Gasteiger partial charge in [-0.15, -0.1) is 11.8 Å². The molecule has 1 N–H and O–H groups in total. The van der Waals surface area contributed by atoms with E-state index in [1.54, 1.807) is 17.8 Å². The Labute approximate surface area is 101 Å². The van der Waals surface area contributed by atoms with E-state index in [9.17, 15) is 4.79 Å². The highest BCUT2D eigenvalue weighted by Crippen LogP contribution is 2.29. The molecule has 0 saturated heterocycles. The van der Waals surface area contributed by atoms with Gasteiger partial charge in [-0.05, 0) is 36.6 Å². The van der Waals surface area contributed by atoms with Gasteiger partial charge < -0.3 is 5.11 Å². The van der Waals surface area contributed by atoms with Crippen molar-refractivity contribution >= 4 is 17.7 Å². The third-order valence-corrected chi connectivity index (χ3v) is 4.13.